The second kappa shape index (κ2) is 11.7. The average molecular weight is 496 g/mol. The zero-order valence-corrected chi connectivity index (χ0v) is 20.8. The van der Waals surface area contributed by atoms with Crippen molar-refractivity contribution in [2.24, 2.45) is 0 Å². The van der Waals surface area contributed by atoms with E-state index in [0.29, 0.717) is 17.2 Å². The lowest BCUT2D eigenvalue weighted by molar-refractivity contribution is -0.664. The van der Waals surface area contributed by atoms with E-state index in [1.165, 1.54) is 0 Å². The number of carbonyl (C=O) groups is 1. The molecule has 0 radical (unpaired) electrons. The summed E-state index contributed by atoms with van der Waals surface area (Å²) in [5.74, 6) is 0.315. The molecule has 9 heteroatoms. The van der Waals surface area contributed by atoms with Crippen LogP contribution < -0.4 is 21.4 Å². The van der Waals surface area contributed by atoms with E-state index in [1.54, 1.807) is 18.6 Å². The van der Waals surface area contributed by atoms with Crippen molar-refractivity contribution in [3.05, 3.63) is 95.9 Å². The molecule has 1 aliphatic rings. The first-order chi connectivity index (χ1) is 18.1. The van der Waals surface area contributed by atoms with Crippen molar-refractivity contribution in [3.8, 4) is 11.3 Å². The van der Waals surface area contributed by atoms with Crippen LogP contribution in [0.1, 0.15) is 21.5 Å². The van der Waals surface area contributed by atoms with E-state index in [9.17, 15) is 4.79 Å². The normalized spacial score (nSPS) is 13.8. The third-order valence-electron chi connectivity index (χ3n) is 6.28. The van der Waals surface area contributed by atoms with E-state index in [1.807, 2.05) is 67.6 Å². The van der Waals surface area contributed by atoms with Gasteiger partial charge in [0.2, 0.25) is 5.95 Å². The fourth-order valence-corrected chi connectivity index (χ4v) is 4.14. The molecule has 0 unspecified atom stereocenters. The van der Waals surface area contributed by atoms with Crippen LogP contribution in [0.2, 0.25) is 0 Å². The molecule has 4 aromatic rings. The summed E-state index contributed by atoms with van der Waals surface area (Å²) in [5, 5.41) is 10.9. The van der Waals surface area contributed by atoms with E-state index in [4.69, 9.17) is 0 Å². The molecule has 0 bridgehead atoms. The number of hydrogen-bond donors (Lipinski definition) is 4. The van der Waals surface area contributed by atoms with E-state index in [-0.39, 0.29) is 5.91 Å². The van der Waals surface area contributed by atoms with Gasteiger partial charge in [0.05, 0.1) is 31.9 Å². The second-order valence-electron chi connectivity index (χ2n) is 9.00. The molecule has 3 heterocycles. The number of anilines is 3. The number of amides is 1. The monoisotopic (exact) mass is 495 g/mol. The molecule has 0 saturated carbocycles. The molecule has 9 nitrogen and oxygen atoms in total. The third kappa shape index (κ3) is 6.53. The fraction of sp³-hybridized carbons (Fsp3) is 0.214. The topological polar surface area (TPSA) is 112 Å². The van der Waals surface area contributed by atoms with Gasteiger partial charge in [0, 0.05) is 47.6 Å². The molecule has 0 spiro atoms. The molecule has 1 fully saturated rings. The average Bonchev–Trinajstić information content (AvgIpc) is 2.95. The fourth-order valence-electron chi connectivity index (χ4n) is 4.14. The Labute approximate surface area is 216 Å². The molecular weight excluding hydrogens is 464 g/mol. The van der Waals surface area contributed by atoms with Crippen LogP contribution in [-0.2, 0) is 6.54 Å². The third-order valence-corrected chi connectivity index (χ3v) is 6.28. The van der Waals surface area contributed by atoms with Crippen LogP contribution in [0.5, 0.6) is 0 Å². The van der Waals surface area contributed by atoms with Crippen LogP contribution in [0.3, 0.4) is 0 Å². The first-order valence-corrected chi connectivity index (χ1v) is 12.5. The SMILES string of the molecule is Cc1ccc(NC(=O)c2ccc(CNN3CC[NH2+]CC3)cc2)cc1Nc1nccc(-c2cccnc2)n1. The number of benzene rings is 2. The van der Waals surface area contributed by atoms with Gasteiger partial charge in [-0.3, -0.25) is 15.2 Å². The smallest absolute Gasteiger partial charge is 0.255 e. The minimum atomic E-state index is -0.157. The van der Waals surface area contributed by atoms with E-state index < -0.39 is 0 Å². The van der Waals surface area contributed by atoms with Gasteiger partial charge in [0.25, 0.3) is 5.91 Å². The van der Waals surface area contributed by atoms with Crippen LogP contribution in [0.4, 0.5) is 17.3 Å². The molecule has 5 N–H and O–H groups in total. The van der Waals surface area contributed by atoms with Crippen molar-refractivity contribution in [3.63, 3.8) is 0 Å². The Balaban J connectivity index is 1.22. The van der Waals surface area contributed by atoms with E-state index in [2.05, 4.69) is 41.3 Å². The predicted octanol–water partition coefficient (Wildman–Crippen LogP) is 2.73. The Morgan fingerprint density at radius 1 is 1.03 bits per heavy atom. The highest BCUT2D eigenvalue weighted by Crippen LogP contribution is 2.24. The highest BCUT2D eigenvalue weighted by molar-refractivity contribution is 6.04. The van der Waals surface area contributed by atoms with Crippen LogP contribution in [0.25, 0.3) is 11.3 Å². The summed E-state index contributed by atoms with van der Waals surface area (Å²) < 4.78 is 0. The Bertz CT molecular complexity index is 1340. The van der Waals surface area contributed by atoms with Crippen LogP contribution in [0.15, 0.2) is 79.3 Å². The number of pyridine rings is 1. The maximum Gasteiger partial charge on any atom is 0.255 e. The van der Waals surface area contributed by atoms with Crippen molar-refractivity contribution >= 4 is 23.2 Å². The first kappa shape index (κ1) is 24.5. The van der Waals surface area contributed by atoms with Crippen molar-refractivity contribution in [1.29, 1.82) is 0 Å². The summed E-state index contributed by atoms with van der Waals surface area (Å²) in [6.07, 6.45) is 5.21. The number of piperazine rings is 1. The summed E-state index contributed by atoms with van der Waals surface area (Å²) in [7, 11) is 0. The molecule has 1 amide bonds. The summed E-state index contributed by atoms with van der Waals surface area (Å²) in [6, 6.07) is 19.1. The largest absolute Gasteiger partial charge is 0.344 e. The predicted molar refractivity (Wildman–Crippen MR) is 144 cm³/mol. The molecule has 0 atom stereocenters. The number of aryl methyl sites for hydroxylation is 1. The Hall–Kier alpha value is -4.18. The molecule has 37 heavy (non-hydrogen) atoms. The van der Waals surface area contributed by atoms with Gasteiger partial charge in [0.1, 0.15) is 0 Å². The van der Waals surface area contributed by atoms with E-state index >= 15 is 0 Å². The second-order valence-corrected chi connectivity index (χ2v) is 9.00. The van der Waals surface area contributed by atoms with Gasteiger partial charge in [-0.1, -0.05) is 18.2 Å². The molecule has 1 saturated heterocycles. The Kier molecular flexibility index (Phi) is 7.75. The summed E-state index contributed by atoms with van der Waals surface area (Å²) in [4.78, 5) is 26.0. The van der Waals surface area contributed by atoms with Crippen molar-refractivity contribution in [2.45, 2.75) is 13.5 Å². The lowest BCUT2D eigenvalue weighted by Gasteiger charge is -2.25. The molecule has 1 aliphatic heterocycles. The number of rotatable bonds is 8. The van der Waals surface area contributed by atoms with Gasteiger partial charge in [-0.05, 0) is 60.5 Å². The van der Waals surface area contributed by atoms with Crippen molar-refractivity contribution in [1.82, 2.24) is 25.4 Å². The molecule has 188 valence electrons. The number of aromatic nitrogens is 3. The standard InChI is InChI=1S/C28H30N8O/c1-20-4-9-24(17-26(20)35-28-31-12-10-25(34-28)23-3-2-11-30-19-23)33-27(37)22-7-5-21(6-8-22)18-32-36-15-13-29-14-16-36/h2-12,17,19,29,32H,13-16,18H2,1H3,(H,33,37)(H,31,34,35)/p+1. The van der Waals surface area contributed by atoms with Crippen molar-refractivity contribution < 1.29 is 10.1 Å². The summed E-state index contributed by atoms with van der Waals surface area (Å²) in [5.41, 5.74) is 9.42. The quantitative estimate of drug-likeness (QED) is 0.297. The maximum atomic E-state index is 12.9. The summed E-state index contributed by atoms with van der Waals surface area (Å²) >= 11 is 0. The molecule has 2 aromatic carbocycles. The minimum absolute atomic E-state index is 0.157. The molecule has 0 aliphatic carbocycles. The van der Waals surface area contributed by atoms with Crippen LogP contribution in [0, 0.1) is 6.92 Å². The van der Waals surface area contributed by atoms with E-state index in [0.717, 1.165) is 60.8 Å². The van der Waals surface area contributed by atoms with Gasteiger partial charge in [-0.15, -0.1) is 0 Å². The van der Waals surface area contributed by atoms with Gasteiger partial charge in [-0.2, -0.15) is 0 Å². The Morgan fingerprint density at radius 3 is 2.65 bits per heavy atom. The van der Waals surface area contributed by atoms with Gasteiger partial charge in [-0.25, -0.2) is 15.0 Å². The highest BCUT2D eigenvalue weighted by Gasteiger charge is 2.12. The summed E-state index contributed by atoms with van der Waals surface area (Å²) in [6.45, 7) is 7.05. The molecular formula is C28H31N8O+. The zero-order chi connectivity index (χ0) is 25.5. The molecule has 5 rings (SSSR count). The van der Waals surface area contributed by atoms with Crippen LogP contribution >= 0.6 is 0 Å². The van der Waals surface area contributed by atoms with Gasteiger partial charge >= 0.3 is 0 Å². The minimum Gasteiger partial charge on any atom is -0.344 e. The molecule has 2 aromatic heterocycles. The number of hydrazine groups is 1. The Morgan fingerprint density at radius 2 is 1.86 bits per heavy atom. The number of nitrogens with two attached hydrogens (primary N) is 1. The zero-order valence-electron chi connectivity index (χ0n) is 20.8. The first-order valence-electron chi connectivity index (χ1n) is 12.5. The highest BCUT2D eigenvalue weighted by atomic mass is 16.1. The van der Waals surface area contributed by atoms with Gasteiger partial charge in [0.15, 0.2) is 0 Å². The number of carbonyl (C=O) groups excluding carboxylic acids is 1. The lowest BCUT2D eigenvalue weighted by atomic mass is 10.1. The number of nitrogens with zero attached hydrogens (tertiary/aromatic N) is 4. The number of nitrogens with one attached hydrogen (secondary N) is 3. The van der Waals surface area contributed by atoms with Gasteiger partial charge < -0.3 is 16.0 Å². The lowest BCUT2D eigenvalue weighted by Crippen LogP contribution is -2.90. The number of hydrogen-bond acceptors (Lipinski definition) is 7. The van der Waals surface area contributed by atoms with Crippen LogP contribution in [-0.4, -0.2) is 52.0 Å². The van der Waals surface area contributed by atoms with Crippen molar-refractivity contribution in [2.75, 3.05) is 36.8 Å². The number of quaternary nitrogens is 1. The maximum absolute atomic E-state index is 12.9.